The van der Waals surface area contributed by atoms with Crippen LogP contribution in [0.5, 0.6) is 0 Å². The van der Waals surface area contributed by atoms with Crippen molar-refractivity contribution >= 4 is 10.9 Å². The highest BCUT2D eigenvalue weighted by molar-refractivity contribution is 8.17. The second-order valence-corrected chi connectivity index (χ2v) is 9.05. The maximum Gasteiger partial charge on any atom is 0.0232 e. The Morgan fingerprint density at radius 3 is 1.37 bits per heavy atom. The molecule has 4 aromatic carbocycles. The molecule has 0 heterocycles. The van der Waals surface area contributed by atoms with E-state index < -0.39 is 10.9 Å². The molecule has 1 atom stereocenters. The van der Waals surface area contributed by atoms with E-state index in [1.54, 1.807) is 0 Å². The number of hydrogen-bond acceptors (Lipinski definition) is 0. The Morgan fingerprint density at radius 2 is 0.889 bits per heavy atom. The van der Waals surface area contributed by atoms with Crippen molar-refractivity contribution in [1.82, 2.24) is 0 Å². The van der Waals surface area contributed by atoms with Gasteiger partial charge in [-0.15, -0.1) is 0 Å². The van der Waals surface area contributed by atoms with Gasteiger partial charge in [-0.05, 0) is 51.6 Å². The minimum absolute atomic E-state index is 0.438. The number of hydrogen-bond donors (Lipinski definition) is 1. The first-order valence-corrected chi connectivity index (χ1v) is 10.8. The van der Waals surface area contributed by atoms with Crippen LogP contribution in [0.1, 0.15) is 16.4 Å². The molecule has 0 aliphatic heterocycles. The summed E-state index contributed by atoms with van der Waals surface area (Å²) in [6, 6.07) is 43.9. The van der Waals surface area contributed by atoms with Crippen LogP contribution in [-0.4, -0.2) is 0 Å². The predicted octanol–water partition coefficient (Wildman–Crippen LogP) is 7.09. The molecule has 27 heavy (non-hydrogen) atoms. The Labute approximate surface area is 164 Å². The number of benzene rings is 4. The van der Waals surface area contributed by atoms with Gasteiger partial charge in [0.05, 0.1) is 0 Å². The van der Waals surface area contributed by atoms with Gasteiger partial charge in [0.25, 0.3) is 0 Å². The van der Waals surface area contributed by atoms with Crippen LogP contribution in [0.3, 0.4) is 0 Å². The van der Waals surface area contributed by atoms with Gasteiger partial charge < -0.3 is 0 Å². The van der Waals surface area contributed by atoms with Crippen LogP contribution in [0.25, 0.3) is 0 Å². The van der Waals surface area contributed by atoms with E-state index in [0.29, 0.717) is 5.25 Å². The van der Waals surface area contributed by atoms with E-state index in [4.69, 9.17) is 0 Å². The molecule has 4 aromatic rings. The predicted molar refractivity (Wildman–Crippen MR) is 118 cm³/mol. The lowest BCUT2D eigenvalue weighted by molar-refractivity contribution is 0.919. The number of thiol groups is 1. The molecule has 0 fully saturated rings. The molecule has 0 amide bonds. The van der Waals surface area contributed by atoms with Crippen molar-refractivity contribution in [2.75, 3.05) is 0 Å². The molecule has 0 nitrogen and oxygen atoms in total. The maximum atomic E-state index is 2.29. The van der Waals surface area contributed by atoms with Gasteiger partial charge >= 0.3 is 0 Å². The van der Waals surface area contributed by atoms with Crippen molar-refractivity contribution in [1.29, 1.82) is 0 Å². The third-order valence-corrected chi connectivity index (χ3v) is 7.65. The fourth-order valence-corrected chi connectivity index (χ4v) is 6.43. The van der Waals surface area contributed by atoms with Gasteiger partial charge in [-0.1, -0.05) is 97.1 Å². The second-order valence-electron chi connectivity index (χ2n) is 6.66. The second kappa shape index (κ2) is 8.75. The van der Waals surface area contributed by atoms with Gasteiger partial charge in [0.2, 0.25) is 0 Å². The molecule has 134 valence electrons. The molecule has 0 N–H and O–H groups in total. The molecule has 0 aliphatic carbocycles. The van der Waals surface area contributed by atoms with Crippen LogP contribution in [0.15, 0.2) is 131 Å². The molecule has 0 bridgehead atoms. The summed E-state index contributed by atoms with van der Waals surface area (Å²) in [6.07, 6.45) is 1.04. The molecule has 0 spiro atoms. The molecule has 0 saturated carbocycles. The van der Waals surface area contributed by atoms with E-state index in [1.165, 1.54) is 20.9 Å². The molecule has 4 rings (SSSR count). The van der Waals surface area contributed by atoms with E-state index in [1.807, 2.05) is 0 Å². The van der Waals surface area contributed by atoms with Crippen LogP contribution in [-0.2, 0) is 6.42 Å². The molecule has 0 saturated heterocycles. The minimum atomic E-state index is -0.514. The Morgan fingerprint density at radius 1 is 0.481 bits per heavy atom. The summed E-state index contributed by atoms with van der Waals surface area (Å²) >= 11 is 0. The summed E-state index contributed by atoms with van der Waals surface area (Å²) in [5, 5.41) is 0.438. The lowest BCUT2D eigenvalue weighted by atomic mass is 10.0. The van der Waals surface area contributed by atoms with Crippen molar-refractivity contribution in [3.8, 4) is 0 Å². The van der Waals surface area contributed by atoms with E-state index in [2.05, 4.69) is 121 Å². The van der Waals surface area contributed by atoms with Crippen molar-refractivity contribution in [3.05, 3.63) is 132 Å². The summed E-state index contributed by atoms with van der Waals surface area (Å²) in [6.45, 7) is 0. The van der Waals surface area contributed by atoms with Crippen molar-refractivity contribution in [3.63, 3.8) is 0 Å². The van der Waals surface area contributed by atoms with E-state index in [-0.39, 0.29) is 0 Å². The Kier molecular flexibility index (Phi) is 5.71. The van der Waals surface area contributed by atoms with E-state index in [9.17, 15) is 0 Å². The molecule has 1 unspecified atom stereocenters. The minimum Gasteiger partial charge on any atom is -0.193 e. The molecular formula is C26H24S. The Bertz CT molecular complexity index is 895. The molecule has 0 radical (unpaired) electrons. The van der Waals surface area contributed by atoms with Gasteiger partial charge in [0.15, 0.2) is 0 Å². The summed E-state index contributed by atoms with van der Waals surface area (Å²) in [5.74, 6) is 0. The third-order valence-electron chi connectivity index (χ3n) is 4.84. The SMILES string of the molecule is c1ccc(CC(c2ccccc2)[SH](c2ccccc2)c2ccccc2)cc1. The highest BCUT2D eigenvalue weighted by atomic mass is 32.2. The molecular weight excluding hydrogens is 344 g/mol. The Hall–Kier alpha value is -2.77. The number of rotatable bonds is 6. The first kappa shape index (κ1) is 17.6. The maximum absolute atomic E-state index is 2.29. The zero-order chi connectivity index (χ0) is 18.3. The summed E-state index contributed by atoms with van der Waals surface area (Å²) in [5.41, 5.74) is 2.81. The average Bonchev–Trinajstić information content (AvgIpc) is 2.76. The largest absolute Gasteiger partial charge is 0.193 e. The first-order chi connectivity index (χ1) is 13.4. The fraction of sp³-hybridized carbons (Fsp3) is 0.0769. The standard InChI is InChI=1S/C26H24S/c1-5-13-22(14-6-1)21-26(23-15-7-2-8-16-23)27(24-17-9-3-10-18-24)25-19-11-4-12-20-25/h1-20,26-27H,21H2. The Balaban J connectivity index is 1.83. The van der Waals surface area contributed by atoms with Crippen LogP contribution in [0.4, 0.5) is 0 Å². The topological polar surface area (TPSA) is 0 Å². The summed E-state index contributed by atoms with van der Waals surface area (Å²) in [7, 11) is -0.514. The van der Waals surface area contributed by atoms with E-state index in [0.717, 1.165) is 6.42 Å². The normalized spacial score (nSPS) is 12.4. The fourth-order valence-electron chi connectivity index (χ4n) is 3.56. The summed E-state index contributed by atoms with van der Waals surface area (Å²) < 4.78 is 0. The van der Waals surface area contributed by atoms with Gasteiger partial charge in [0.1, 0.15) is 0 Å². The monoisotopic (exact) mass is 368 g/mol. The smallest absolute Gasteiger partial charge is 0.0232 e. The van der Waals surface area contributed by atoms with Crippen molar-refractivity contribution in [2.45, 2.75) is 21.5 Å². The highest BCUT2D eigenvalue weighted by Crippen LogP contribution is 2.56. The van der Waals surface area contributed by atoms with Crippen LogP contribution < -0.4 is 0 Å². The van der Waals surface area contributed by atoms with Gasteiger partial charge in [-0.2, -0.15) is 10.9 Å². The zero-order valence-electron chi connectivity index (χ0n) is 15.3. The summed E-state index contributed by atoms with van der Waals surface area (Å²) in [4.78, 5) is 2.87. The quantitative estimate of drug-likeness (QED) is 0.345. The van der Waals surface area contributed by atoms with Gasteiger partial charge in [-0.3, -0.25) is 0 Å². The highest BCUT2D eigenvalue weighted by Gasteiger charge is 2.23. The first-order valence-electron chi connectivity index (χ1n) is 9.40. The average molecular weight is 369 g/mol. The zero-order valence-corrected chi connectivity index (χ0v) is 16.2. The lowest BCUT2D eigenvalue weighted by Gasteiger charge is -2.33. The van der Waals surface area contributed by atoms with Gasteiger partial charge in [0, 0.05) is 5.25 Å². The molecule has 0 aromatic heterocycles. The van der Waals surface area contributed by atoms with Crippen molar-refractivity contribution in [2.24, 2.45) is 0 Å². The molecule has 0 aliphatic rings. The molecule has 1 heteroatoms. The van der Waals surface area contributed by atoms with Crippen LogP contribution in [0, 0.1) is 0 Å². The van der Waals surface area contributed by atoms with Crippen LogP contribution in [0.2, 0.25) is 0 Å². The van der Waals surface area contributed by atoms with Gasteiger partial charge in [-0.25, -0.2) is 0 Å². The van der Waals surface area contributed by atoms with Crippen molar-refractivity contribution < 1.29 is 0 Å². The third kappa shape index (κ3) is 4.32. The lowest BCUT2D eigenvalue weighted by Crippen LogP contribution is -2.05. The van der Waals surface area contributed by atoms with Crippen LogP contribution >= 0.6 is 10.9 Å². The van der Waals surface area contributed by atoms with E-state index >= 15 is 0 Å².